The van der Waals surface area contributed by atoms with E-state index in [2.05, 4.69) is 42.6 Å². The smallest absolute Gasteiger partial charge is 0.274 e. The van der Waals surface area contributed by atoms with E-state index < -0.39 is 5.91 Å². The van der Waals surface area contributed by atoms with Crippen LogP contribution in [0.25, 0.3) is 5.82 Å². The normalized spacial score (nSPS) is 10.7. The van der Waals surface area contributed by atoms with Crippen LogP contribution in [0.15, 0.2) is 46.3 Å². The van der Waals surface area contributed by atoms with Crippen LogP contribution in [0.1, 0.15) is 27.2 Å². The number of carbonyl (C=O) groups is 1. The number of nitrogens with one attached hydrogen (secondary N) is 1. The zero-order valence-corrected chi connectivity index (χ0v) is 17.7. The molecule has 1 N–H and O–H groups in total. The zero-order valence-electron chi connectivity index (χ0n) is 15.3. The summed E-state index contributed by atoms with van der Waals surface area (Å²) in [5, 5.41) is 20.4. The summed E-state index contributed by atoms with van der Waals surface area (Å²) >= 11 is 9.50. The Balaban J connectivity index is 2.04. The number of aromatic nitrogens is 3. The molecule has 3 aromatic rings. The van der Waals surface area contributed by atoms with Gasteiger partial charge in [0.1, 0.15) is 17.4 Å². The van der Waals surface area contributed by atoms with Crippen LogP contribution >= 0.6 is 27.5 Å². The van der Waals surface area contributed by atoms with Crippen LogP contribution in [0.3, 0.4) is 0 Å². The van der Waals surface area contributed by atoms with Gasteiger partial charge in [0.2, 0.25) is 0 Å². The third-order valence-corrected chi connectivity index (χ3v) is 4.57. The predicted molar refractivity (Wildman–Crippen MR) is 113 cm³/mol. The molecule has 0 aliphatic heterocycles. The molecule has 8 nitrogen and oxygen atoms in total. The number of carbonyl (C=O) groups excluding carboxylic acids is 1. The Bertz CT molecular complexity index is 1150. The second-order valence-corrected chi connectivity index (χ2v) is 7.03. The molecule has 0 atom stereocenters. The monoisotopic (exact) mass is 472 g/mol. The number of benzene rings is 1. The van der Waals surface area contributed by atoms with E-state index in [1.54, 1.807) is 43.5 Å². The van der Waals surface area contributed by atoms with E-state index in [0.717, 1.165) is 0 Å². The molecule has 1 amide bonds. The second-order valence-electron chi connectivity index (χ2n) is 5.81. The van der Waals surface area contributed by atoms with Crippen molar-refractivity contribution in [2.75, 3.05) is 12.4 Å². The largest absolute Gasteiger partial charge is 0.399 e. The number of hydrogen-bond acceptors (Lipinski definition) is 6. The van der Waals surface area contributed by atoms with E-state index in [1.165, 1.54) is 18.0 Å². The standard InChI is InChI=1S/C19H14BrClN6O2/c1-11-6-12(9-22)7-13(10-24-29-2)17(11)25-19(28)15-8-16(20)26-27(15)18-14(21)4-3-5-23-18/h3-8,10H,1-2H3,(H,25,28)/b24-10+. The Morgan fingerprint density at radius 2 is 2.24 bits per heavy atom. The Labute approximate surface area is 179 Å². The zero-order chi connectivity index (χ0) is 21.0. The first-order valence-electron chi connectivity index (χ1n) is 8.23. The molecule has 0 radical (unpaired) electrons. The fourth-order valence-corrected chi connectivity index (χ4v) is 3.22. The van der Waals surface area contributed by atoms with Gasteiger partial charge in [-0.2, -0.15) is 10.4 Å². The number of rotatable bonds is 5. The molecule has 0 aliphatic carbocycles. The summed E-state index contributed by atoms with van der Waals surface area (Å²) in [4.78, 5) is 22.0. The van der Waals surface area contributed by atoms with Crippen molar-refractivity contribution in [3.63, 3.8) is 0 Å². The minimum absolute atomic E-state index is 0.218. The van der Waals surface area contributed by atoms with Crippen molar-refractivity contribution in [3.8, 4) is 11.9 Å². The number of nitrogens with zero attached hydrogens (tertiary/aromatic N) is 5. The van der Waals surface area contributed by atoms with Gasteiger partial charge in [-0.25, -0.2) is 9.67 Å². The maximum absolute atomic E-state index is 13.1. The third-order valence-electron chi connectivity index (χ3n) is 3.88. The van der Waals surface area contributed by atoms with Crippen molar-refractivity contribution in [2.24, 2.45) is 5.16 Å². The summed E-state index contributed by atoms with van der Waals surface area (Å²) in [7, 11) is 1.41. The maximum Gasteiger partial charge on any atom is 0.274 e. The number of hydrogen-bond donors (Lipinski definition) is 1. The molecule has 0 aliphatic rings. The van der Waals surface area contributed by atoms with Gasteiger partial charge in [-0.3, -0.25) is 4.79 Å². The first-order valence-corrected chi connectivity index (χ1v) is 9.40. The SMILES string of the molecule is CO/N=C/c1cc(C#N)cc(C)c1NC(=O)c1cc(Br)nn1-c1ncccc1Cl. The van der Waals surface area contributed by atoms with E-state index in [-0.39, 0.29) is 5.69 Å². The van der Waals surface area contributed by atoms with Crippen molar-refractivity contribution in [2.45, 2.75) is 6.92 Å². The maximum atomic E-state index is 13.1. The van der Waals surface area contributed by atoms with Crippen LogP contribution in [0.4, 0.5) is 5.69 Å². The number of aryl methyl sites for hydroxylation is 1. The average Bonchev–Trinajstić information content (AvgIpc) is 3.10. The molecule has 0 unspecified atom stereocenters. The molecule has 2 heterocycles. The molecular formula is C19H14BrClN6O2. The van der Waals surface area contributed by atoms with E-state index in [9.17, 15) is 10.1 Å². The lowest BCUT2D eigenvalue weighted by Gasteiger charge is -2.13. The lowest BCUT2D eigenvalue weighted by Crippen LogP contribution is -2.19. The molecule has 29 heavy (non-hydrogen) atoms. The van der Waals surface area contributed by atoms with Crippen LogP contribution in [-0.2, 0) is 4.84 Å². The molecule has 3 rings (SSSR count). The Hall–Kier alpha value is -3.22. The highest BCUT2D eigenvalue weighted by Crippen LogP contribution is 2.25. The summed E-state index contributed by atoms with van der Waals surface area (Å²) in [6.45, 7) is 1.78. The quantitative estimate of drug-likeness (QED) is 0.444. The fraction of sp³-hybridized carbons (Fsp3) is 0.105. The van der Waals surface area contributed by atoms with Crippen LogP contribution in [0, 0.1) is 18.3 Å². The molecule has 0 fully saturated rings. The number of pyridine rings is 1. The molecule has 2 aromatic heterocycles. The Morgan fingerprint density at radius 1 is 1.45 bits per heavy atom. The van der Waals surface area contributed by atoms with Gasteiger partial charge in [0.15, 0.2) is 5.82 Å². The molecule has 146 valence electrons. The van der Waals surface area contributed by atoms with Gasteiger partial charge in [-0.1, -0.05) is 16.8 Å². The topological polar surface area (TPSA) is 105 Å². The van der Waals surface area contributed by atoms with Crippen molar-refractivity contribution in [1.82, 2.24) is 14.8 Å². The molecule has 0 bridgehead atoms. The summed E-state index contributed by atoms with van der Waals surface area (Å²) < 4.78 is 1.80. The molecule has 0 spiro atoms. The van der Waals surface area contributed by atoms with Crippen LogP contribution in [0.5, 0.6) is 0 Å². The molecule has 0 saturated carbocycles. The van der Waals surface area contributed by atoms with Gasteiger partial charge in [0.25, 0.3) is 5.91 Å². The van der Waals surface area contributed by atoms with Gasteiger partial charge < -0.3 is 10.2 Å². The van der Waals surface area contributed by atoms with Gasteiger partial charge in [-0.05, 0) is 52.7 Å². The van der Waals surface area contributed by atoms with E-state index in [4.69, 9.17) is 16.4 Å². The first-order chi connectivity index (χ1) is 13.9. The average molecular weight is 474 g/mol. The van der Waals surface area contributed by atoms with Crippen molar-refractivity contribution in [3.05, 3.63) is 68.5 Å². The van der Waals surface area contributed by atoms with Gasteiger partial charge >= 0.3 is 0 Å². The number of amides is 1. The fourth-order valence-electron chi connectivity index (χ4n) is 2.65. The predicted octanol–water partition coefficient (Wildman–Crippen LogP) is 4.10. The van der Waals surface area contributed by atoms with E-state index in [1.807, 2.05) is 0 Å². The molecule has 10 heteroatoms. The lowest BCUT2D eigenvalue weighted by molar-refractivity contribution is 0.101. The highest BCUT2D eigenvalue weighted by molar-refractivity contribution is 9.10. The minimum Gasteiger partial charge on any atom is -0.399 e. The number of oxime groups is 1. The van der Waals surface area contributed by atoms with E-state index in [0.29, 0.717) is 37.8 Å². The highest BCUT2D eigenvalue weighted by atomic mass is 79.9. The van der Waals surface area contributed by atoms with Crippen LogP contribution in [-0.4, -0.2) is 34.0 Å². The summed E-state index contributed by atoms with van der Waals surface area (Å²) in [5.74, 6) is -0.118. The number of anilines is 1. The highest BCUT2D eigenvalue weighted by Gasteiger charge is 2.20. The minimum atomic E-state index is -0.440. The van der Waals surface area contributed by atoms with E-state index >= 15 is 0 Å². The number of nitriles is 1. The molecule has 1 aromatic carbocycles. The van der Waals surface area contributed by atoms with Crippen LogP contribution < -0.4 is 5.32 Å². The van der Waals surface area contributed by atoms with Gasteiger partial charge in [0.05, 0.1) is 28.6 Å². The lowest BCUT2D eigenvalue weighted by atomic mass is 10.0. The molecule has 0 saturated heterocycles. The Kier molecular flexibility index (Phi) is 6.26. The first kappa shape index (κ1) is 20.5. The van der Waals surface area contributed by atoms with Crippen molar-refractivity contribution >= 4 is 45.3 Å². The summed E-state index contributed by atoms with van der Waals surface area (Å²) in [6.07, 6.45) is 2.98. The molecular weight excluding hydrogens is 460 g/mol. The Morgan fingerprint density at radius 3 is 2.93 bits per heavy atom. The van der Waals surface area contributed by atoms with Crippen LogP contribution in [0.2, 0.25) is 5.02 Å². The summed E-state index contributed by atoms with van der Waals surface area (Å²) in [5.41, 5.74) is 2.36. The number of halogens is 2. The van der Waals surface area contributed by atoms with Gasteiger partial charge in [0, 0.05) is 17.8 Å². The van der Waals surface area contributed by atoms with Crippen molar-refractivity contribution in [1.29, 1.82) is 5.26 Å². The summed E-state index contributed by atoms with van der Waals surface area (Å²) in [6, 6.07) is 10.3. The van der Waals surface area contributed by atoms with Gasteiger partial charge in [-0.15, -0.1) is 0 Å². The second kappa shape index (κ2) is 8.86. The van der Waals surface area contributed by atoms with Crippen molar-refractivity contribution < 1.29 is 9.63 Å². The third kappa shape index (κ3) is 4.45.